The summed E-state index contributed by atoms with van der Waals surface area (Å²) in [5.41, 5.74) is 7.05. The first-order valence-electron chi connectivity index (χ1n) is 7.85. The number of nitrogens with zero attached hydrogens (tertiary/aromatic N) is 1. The van der Waals surface area contributed by atoms with Gasteiger partial charge in [-0.1, -0.05) is 30.3 Å². The van der Waals surface area contributed by atoms with E-state index in [-0.39, 0.29) is 6.04 Å². The van der Waals surface area contributed by atoms with E-state index in [0.717, 1.165) is 23.3 Å². The van der Waals surface area contributed by atoms with Gasteiger partial charge in [0.15, 0.2) is 0 Å². The van der Waals surface area contributed by atoms with E-state index >= 15 is 0 Å². The molecule has 23 heavy (non-hydrogen) atoms. The quantitative estimate of drug-likeness (QED) is 0.518. The lowest BCUT2D eigenvalue weighted by Crippen LogP contribution is -2.07. The molecule has 0 radical (unpaired) electrons. The first-order valence-corrected chi connectivity index (χ1v) is 7.85. The van der Waals surface area contributed by atoms with Gasteiger partial charge in [0, 0.05) is 34.9 Å². The molecule has 3 heterocycles. The fourth-order valence-corrected chi connectivity index (χ4v) is 3.54. The lowest BCUT2D eigenvalue weighted by atomic mass is 10.00. The minimum atomic E-state index is 0.230. The molecule has 4 heteroatoms. The average molecular weight is 300 g/mol. The van der Waals surface area contributed by atoms with Crippen molar-refractivity contribution in [1.29, 1.82) is 0 Å². The zero-order valence-corrected chi connectivity index (χ0v) is 12.5. The van der Waals surface area contributed by atoms with Crippen LogP contribution in [0.1, 0.15) is 17.3 Å². The van der Waals surface area contributed by atoms with Gasteiger partial charge >= 0.3 is 0 Å². The maximum absolute atomic E-state index is 4.52. The van der Waals surface area contributed by atoms with Crippen LogP contribution in [0, 0.1) is 0 Å². The van der Waals surface area contributed by atoms with Crippen LogP contribution >= 0.6 is 0 Å². The maximum Gasteiger partial charge on any atom is 0.0931 e. The molecule has 0 spiro atoms. The Labute approximate surface area is 133 Å². The van der Waals surface area contributed by atoms with Crippen molar-refractivity contribution < 1.29 is 0 Å². The Morgan fingerprint density at radius 2 is 1.91 bits per heavy atom. The third kappa shape index (κ3) is 1.88. The maximum atomic E-state index is 4.52. The van der Waals surface area contributed by atoms with Gasteiger partial charge in [-0.15, -0.1) is 0 Å². The van der Waals surface area contributed by atoms with Gasteiger partial charge in [0.1, 0.15) is 0 Å². The van der Waals surface area contributed by atoms with Gasteiger partial charge in [0.25, 0.3) is 0 Å². The minimum Gasteiger partial charge on any atom is -0.376 e. The standard InChI is InChI=1S/C19H16N4/c1-2-7-14-12(5-1)11-17(21-14)19-18-13(15-9-4-10-20-15)6-3-8-16(18)22-23-19/h1-10,17,20-21H,11H2,(H,22,23). The van der Waals surface area contributed by atoms with Crippen molar-refractivity contribution in [3.05, 3.63) is 72.1 Å². The van der Waals surface area contributed by atoms with Crippen LogP contribution in [0.2, 0.25) is 0 Å². The van der Waals surface area contributed by atoms with Gasteiger partial charge in [-0.25, -0.2) is 0 Å². The molecule has 1 aliphatic heterocycles. The zero-order chi connectivity index (χ0) is 15.2. The number of aromatic nitrogens is 3. The van der Waals surface area contributed by atoms with Gasteiger partial charge in [0.2, 0.25) is 0 Å². The second-order valence-electron chi connectivity index (χ2n) is 5.98. The number of para-hydroxylation sites is 1. The molecular formula is C19H16N4. The van der Waals surface area contributed by atoms with Crippen LogP contribution in [-0.2, 0) is 6.42 Å². The van der Waals surface area contributed by atoms with Crippen LogP contribution in [0.3, 0.4) is 0 Å². The predicted octanol–water partition coefficient (Wildman–Crippen LogP) is 4.27. The van der Waals surface area contributed by atoms with E-state index in [0.29, 0.717) is 0 Å². The SMILES string of the molecule is c1c[nH]c(-c2cccc3n[nH]c(C4Cc5ccccc5N4)c23)c1. The fourth-order valence-electron chi connectivity index (χ4n) is 3.54. The number of anilines is 1. The Morgan fingerprint density at radius 1 is 0.957 bits per heavy atom. The molecule has 112 valence electrons. The van der Waals surface area contributed by atoms with Crippen molar-refractivity contribution in [3.63, 3.8) is 0 Å². The molecule has 4 nitrogen and oxygen atoms in total. The van der Waals surface area contributed by atoms with E-state index in [4.69, 9.17) is 0 Å². The monoisotopic (exact) mass is 300 g/mol. The summed E-state index contributed by atoms with van der Waals surface area (Å²) in [5, 5.41) is 12.6. The van der Waals surface area contributed by atoms with E-state index < -0.39 is 0 Å². The smallest absolute Gasteiger partial charge is 0.0931 e. The number of benzene rings is 2. The number of H-pyrrole nitrogens is 2. The van der Waals surface area contributed by atoms with Crippen LogP contribution in [0.15, 0.2) is 60.8 Å². The Morgan fingerprint density at radius 3 is 2.78 bits per heavy atom. The molecule has 5 rings (SSSR count). The van der Waals surface area contributed by atoms with E-state index in [1.54, 1.807) is 0 Å². The summed E-state index contributed by atoms with van der Waals surface area (Å²) < 4.78 is 0. The van der Waals surface area contributed by atoms with Gasteiger partial charge in [-0.05, 0) is 29.8 Å². The predicted molar refractivity (Wildman–Crippen MR) is 92.4 cm³/mol. The van der Waals surface area contributed by atoms with Crippen molar-refractivity contribution in [1.82, 2.24) is 15.2 Å². The normalized spacial score (nSPS) is 16.4. The summed E-state index contributed by atoms with van der Waals surface area (Å²) in [7, 11) is 0. The molecule has 0 fully saturated rings. The first kappa shape index (κ1) is 12.5. The number of hydrogen-bond acceptors (Lipinski definition) is 2. The topological polar surface area (TPSA) is 56.5 Å². The Bertz CT molecular complexity index is 957. The summed E-state index contributed by atoms with van der Waals surface area (Å²) in [4.78, 5) is 3.31. The third-order valence-corrected chi connectivity index (χ3v) is 4.62. The summed E-state index contributed by atoms with van der Waals surface area (Å²) in [6.45, 7) is 0. The van der Waals surface area contributed by atoms with Crippen LogP contribution in [0.4, 0.5) is 5.69 Å². The Kier molecular flexibility index (Phi) is 2.58. The van der Waals surface area contributed by atoms with Gasteiger partial charge < -0.3 is 10.3 Å². The van der Waals surface area contributed by atoms with Gasteiger partial charge in [0.05, 0.1) is 17.3 Å². The van der Waals surface area contributed by atoms with Crippen molar-refractivity contribution in [3.8, 4) is 11.3 Å². The molecule has 0 bridgehead atoms. The van der Waals surface area contributed by atoms with Crippen molar-refractivity contribution in [2.24, 2.45) is 0 Å². The highest BCUT2D eigenvalue weighted by atomic mass is 15.1. The number of hydrogen-bond donors (Lipinski definition) is 3. The molecule has 3 N–H and O–H groups in total. The highest BCUT2D eigenvalue weighted by Gasteiger charge is 2.26. The van der Waals surface area contributed by atoms with Crippen molar-refractivity contribution in [2.75, 3.05) is 5.32 Å². The lowest BCUT2D eigenvalue weighted by molar-refractivity contribution is 0.786. The molecule has 4 aromatic rings. The second kappa shape index (κ2) is 4.74. The Balaban J connectivity index is 1.66. The second-order valence-corrected chi connectivity index (χ2v) is 5.98. The molecule has 1 atom stereocenters. The van der Waals surface area contributed by atoms with Crippen LogP contribution in [-0.4, -0.2) is 15.2 Å². The van der Waals surface area contributed by atoms with Crippen molar-refractivity contribution in [2.45, 2.75) is 12.5 Å². The third-order valence-electron chi connectivity index (χ3n) is 4.62. The largest absolute Gasteiger partial charge is 0.376 e. The number of nitrogens with one attached hydrogen (secondary N) is 3. The summed E-state index contributed by atoms with van der Waals surface area (Å²) in [6, 6.07) is 19.1. The number of rotatable bonds is 2. The lowest BCUT2D eigenvalue weighted by Gasteiger charge is -2.11. The van der Waals surface area contributed by atoms with Gasteiger partial charge in [-0.2, -0.15) is 5.10 Å². The zero-order valence-electron chi connectivity index (χ0n) is 12.5. The van der Waals surface area contributed by atoms with Gasteiger partial charge in [-0.3, -0.25) is 5.10 Å². The Hall–Kier alpha value is -3.01. The summed E-state index contributed by atoms with van der Waals surface area (Å²) >= 11 is 0. The van der Waals surface area contributed by atoms with Crippen LogP contribution in [0.25, 0.3) is 22.2 Å². The van der Waals surface area contributed by atoms with E-state index in [1.165, 1.54) is 22.2 Å². The molecule has 2 aromatic carbocycles. The number of fused-ring (bicyclic) bond motifs is 2. The molecule has 1 unspecified atom stereocenters. The highest BCUT2D eigenvalue weighted by molar-refractivity contribution is 5.96. The average Bonchev–Trinajstić information content (AvgIpc) is 3.32. The highest BCUT2D eigenvalue weighted by Crippen LogP contribution is 2.38. The summed E-state index contributed by atoms with van der Waals surface area (Å²) in [6.07, 6.45) is 2.93. The molecule has 0 amide bonds. The molecule has 0 aliphatic carbocycles. The van der Waals surface area contributed by atoms with Crippen molar-refractivity contribution >= 4 is 16.6 Å². The van der Waals surface area contributed by atoms with Crippen LogP contribution < -0.4 is 5.32 Å². The molecule has 1 aliphatic rings. The molecule has 0 saturated heterocycles. The molecule has 0 saturated carbocycles. The number of aromatic amines is 2. The van der Waals surface area contributed by atoms with E-state index in [9.17, 15) is 0 Å². The summed E-state index contributed by atoms with van der Waals surface area (Å²) in [5.74, 6) is 0. The fraction of sp³-hybridized carbons (Fsp3) is 0.105. The van der Waals surface area contributed by atoms with E-state index in [2.05, 4.69) is 69.0 Å². The molecule has 2 aromatic heterocycles. The van der Waals surface area contributed by atoms with E-state index in [1.807, 2.05) is 12.3 Å². The minimum absolute atomic E-state index is 0.230. The first-order chi connectivity index (χ1) is 11.4. The molecular weight excluding hydrogens is 284 g/mol. The van der Waals surface area contributed by atoms with Crippen LogP contribution in [0.5, 0.6) is 0 Å².